The largest absolute Gasteiger partial charge is 0.462 e. The summed E-state index contributed by atoms with van der Waals surface area (Å²) in [6.45, 7) is 2.55. The standard InChI is InChI=1S/C28H23N3O5S2/c1-3-16-30-24-14-11-21(27(33)36-4-2)18-25(24)37-28(30)29-26(32)20-9-12-22(13-10-20)38(34,35)31-17-15-19-7-5-6-8-23(19)31/h1,5-14,18H,4,15-17H2,2H3. The summed E-state index contributed by atoms with van der Waals surface area (Å²) in [7, 11) is -3.77. The van der Waals surface area contributed by atoms with Crippen molar-refractivity contribution >= 4 is 49.1 Å². The molecule has 1 amide bonds. The van der Waals surface area contributed by atoms with Gasteiger partial charge in [0, 0.05) is 12.1 Å². The first-order valence-electron chi connectivity index (χ1n) is 11.9. The number of carbonyl (C=O) groups is 2. The Labute approximate surface area is 223 Å². The molecule has 8 nitrogen and oxygen atoms in total. The van der Waals surface area contributed by atoms with Crippen LogP contribution in [0.3, 0.4) is 0 Å². The predicted molar refractivity (Wildman–Crippen MR) is 146 cm³/mol. The molecule has 192 valence electrons. The van der Waals surface area contributed by atoms with Gasteiger partial charge in [-0.1, -0.05) is 35.5 Å². The molecule has 1 aliphatic heterocycles. The van der Waals surface area contributed by atoms with Crippen LogP contribution >= 0.6 is 11.3 Å². The van der Waals surface area contributed by atoms with Crippen molar-refractivity contribution in [2.75, 3.05) is 17.5 Å². The third-order valence-corrected chi connectivity index (χ3v) is 9.04. The Morgan fingerprint density at radius 2 is 1.82 bits per heavy atom. The number of thiazole rings is 1. The number of amides is 1. The summed E-state index contributed by atoms with van der Waals surface area (Å²) < 4.78 is 35.4. The lowest BCUT2D eigenvalue weighted by atomic mass is 10.2. The summed E-state index contributed by atoms with van der Waals surface area (Å²) in [6, 6.07) is 18.3. The molecule has 2 heterocycles. The second-order valence-electron chi connectivity index (χ2n) is 8.48. The van der Waals surface area contributed by atoms with Gasteiger partial charge in [0.25, 0.3) is 15.9 Å². The van der Waals surface area contributed by atoms with Crippen molar-refractivity contribution in [2.45, 2.75) is 24.8 Å². The molecule has 5 rings (SSSR count). The molecule has 1 aliphatic rings. The second-order valence-corrected chi connectivity index (χ2v) is 11.3. The van der Waals surface area contributed by atoms with E-state index in [0.717, 1.165) is 15.8 Å². The van der Waals surface area contributed by atoms with Crippen molar-refractivity contribution < 1.29 is 22.7 Å². The minimum atomic E-state index is -3.77. The van der Waals surface area contributed by atoms with E-state index in [1.54, 1.807) is 35.8 Å². The van der Waals surface area contributed by atoms with Crippen LogP contribution in [0.4, 0.5) is 5.69 Å². The predicted octanol–water partition coefficient (Wildman–Crippen LogP) is 4.01. The van der Waals surface area contributed by atoms with E-state index in [-0.39, 0.29) is 23.6 Å². The number of nitrogens with zero attached hydrogens (tertiary/aromatic N) is 3. The van der Waals surface area contributed by atoms with Crippen LogP contribution in [0.15, 0.2) is 76.6 Å². The smallest absolute Gasteiger partial charge is 0.338 e. The van der Waals surface area contributed by atoms with Crippen molar-refractivity contribution in [3.05, 3.63) is 88.2 Å². The highest BCUT2D eigenvalue weighted by Gasteiger charge is 2.30. The molecule has 0 aliphatic carbocycles. The van der Waals surface area contributed by atoms with E-state index >= 15 is 0 Å². The number of fused-ring (bicyclic) bond motifs is 2. The molecule has 4 aromatic rings. The fourth-order valence-corrected chi connectivity index (χ4v) is 6.92. The van der Waals surface area contributed by atoms with Gasteiger partial charge in [0.1, 0.15) is 0 Å². The van der Waals surface area contributed by atoms with Crippen LogP contribution in [0, 0.1) is 12.3 Å². The van der Waals surface area contributed by atoms with E-state index in [9.17, 15) is 18.0 Å². The van der Waals surface area contributed by atoms with Crippen molar-refractivity contribution in [1.82, 2.24) is 4.57 Å². The van der Waals surface area contributed by atoms with Gasteiger partial charge < -0.3 is 9.30 Å². The maximum Gasteiger partial charge on any atom is 0.338 e. The Kier molecular flexibility index (Phi) is 6.89. The summed E-state index contributed by atoms with van der Waals surface area (Å²) in [5.41, 5.74) is 3.03. The zero-order valence-corrected chi connectivity index (χ0v) is 22.1. The molecule has 0 saturated carbocycles. The number of terminal acetylenes is 1. The maximum absolute atomic E-state index is 13.3. The van der Waals surface area contributed by atoms with Gasteiger partial charge in [-0.15, -0.1) is 6.42 Å². The number of esters is 1. The molecule has 0 N–H and O–H groups in total. The molecule has 0 radical (unpaired) electrons. The third-order valence-electron chi connectivity index (χ3n) is 6.17. The molecule has 0 atom stereocenters. The lowest BCUT2D eigenvalue weighted by Crippen LogP contribution is -2.29. The highest BCUT2D eigenvalue weighted by molar-refractivity contribution is 7.92. The Balaban J connectivity index is 1.45. The van der Waals surface area contributed by atoms with Crippen molar-refractivity contribution in [2.24, 2.45) is 4.99 Å². The average molecular weight is 546 g/mol. The van der Waals surface area contributed by atoms with Crippen molar-refractivity contribution in [3.63, 3.8) is 0 Å². The van der Waals surface area contributed by atoms with Crippen LogP contribution in [0.25, 0.3) is 10.2 Å². The lowest BCUT2D eigenvalue weighted by molar-refractivity contribution is 0.0526. The van der Waals surface area contributed by atoms with Gasteiger partial charge in [0.05, 0.1) is 39.5 Å². The van der Waals surface area contributed by atoms with E-state index in [1.165, 1.54) is 39.9 Å². The van der Waals surface area contributed by atoms with E-state index in [2.05, 4.69) is 10.9 Å². The quantitative estimate of drug-likeness (QED) is 0.269. The molecule has 0 spiro atoms. The Morgan fingerprint density at radius 1 is 1.08 bits per heavy atom. The number of carbonyl (C=O) groups excluding carboxylic acids is 2. The van der Waals surface area contributed by atoms with E-state index in [1.807, 2.05) is 18.2 Å². The first kappa shape index (κ1) is 25.4. The van der Waals surface area contributed by atoms with E-state index in [4.69, 9.17) is 11.2 Å². The highest BCUT2D eigenvalue weighted by Crippen LogP contribution is 2.32. The number of benzene rings is 3. The summed E-state index contributed by atoms with van der Waals surface area (Å²) in [4.78, 5) is 29.9. The molecular formula is C28H23N3O5S2. The van der Waals surface area contributed by atoms with Gasteiger partial charge in [-0.05, 0) is 67.4 Å². The average Bonchev–Trinajstić information content (AvgIpc) is 3.51. The monoisotopic (exact) mass is 545 g/mol. The first-order valence-corrected chi connectivity index (χ1v) is 14.1. The van der Waals surface area contributed by atoms with Gasteiger partial charge in [0.2, 0.25) is 0 Å². The number of hydrogen-bond acceptors (Lipinski definition) is 6. The number of sulfonamides is 1. The third kappa shape index (κ3) is 4.62. The molecule has 38 heavy (non-hydrogen) atoms. The Bertz CT molecular complexity index is 1780. The SMILES string of the molecule is C#CCn1c(=NC(=O)c2ccc(S(=O)(=O)N3CCc4ccccc43)cc2)sc2cc(C(=O)OCC)ccc21. The van der Waals surface area contributed by atoms with Crippen LogP contribution < -0.4 is 9.11 Å². The van der Waals surface area contributed by atoms with Crippen LogP contribution in [0.1, 0.15) is 33.2 Å². The van der Waals surface area contributed by atoms with Crippen LogP contribution in [-0.2, 0) is 27.7 Å². The fraction of sp³-hybridized carbons (Fsp3) is 0.179. The van der Waals surface area contributed by atoms with Crippen molar-refractivity contribution in [3.8, 4) is 12.3 Å². The Hall–Kier alpha value is -4.20. The van der Waals surface area contributed by atoms with Crippen molar-refractivity contribution in [1.29, 1.82) is 0 Å². The zero-order valence-electron chi connectivity index (χ0n) is 20.5. The lowest BCUT2D eigenvalue weighted by Gasteiger charge is -2.19. The Morgan fingerprint density at radius 3 is 2.55 bits per heavy atom. The number of rotatable bonds is 6. The molecule has 0 fully saturated rings. The molecule has 0 bridgehead atoms. The maximum atomic E-state index is 13.3. The van der Waals surface area contributed by atoms with Crippen LogP contribution in [0.5, 0.6) is 0 Å². The number of aromatic nitrogens is 1. The number of para-hydroxylation sites is 1. The molecule has 10 heteroatoms. The highest BCUT2D eigenvalue weighted by atomic mass is 32.2. The molecule has 3 aromatic carbocycles. The van der Waals surface area contributed by atoms with Gasteiger partial charge >= 0.3 is 5.97 Å². The van der Waals surface area contributed by atoms with Gasteiger partial charge in [-0.3, -0.25) is 9.10 Å². The van der Waals surface area contributed by atoms with E-state index in [0.29, 0.717) is 29.0 Å². The minimum Gasteiger partial charge on any atom is -0.462 e. The zero-order chi connectivity index (χ0) is 26.9. The summed E-state index contributed by atoms with van der Waals surface area (Å²) >= 11 is 1.22. The number of ether oxygens (including phenoxy) is 1. The topological polar surface area (TPSA) is 98.0 Å². The summed E-state index contributed by atoms with van der Waals surface area (Å²) in [5.74, 6) is 1.59. The van der Waals surface area contributed by atoms with Gasteiger partial charge in [0.15, 0.2) is 4.80 Å². The summed E-state index contributed by atoms with van der Waals surface area (Å²) in [5, 5.41) is 0. The molecule has 1 aromatic heterocycles. The number of anilines is 1. The molecule has 0 saturated heterocycles. The minimum absolute atomic E-state index is 0.0986. The summed E-state index contributed by atoms with van der Waals surface area (Å²) in [6.07, 6.45) is 6.20. The first-order chi connectivity index (χ1) is 18.3. The van der Waals surface area contributed by atoms with Crippen LogP contribution in [0.2, 0.25) is 0 Å². The van der Waals surface area contributed by atoms with E-state index < -0.39 is 21.9 Å². The fourth-order valence-electron chi connectivity index (χ4n) is 4.35. The van der Waals surface area contributed by atoms with Crippen LogP contribution in [-0.4, -0.2) is 38.0 Å². The second kappa shape index (κ2) is 10.3. The van der Waals surface area contributed by atoms with Gasteiger partial charge in [-0.25, -0.2) is 13.2 Å². The number of hydrogen-bond donors (Lipinski definition) is 0. The normalized spacial score (nSPS) is 13.4. The molecular weight excluding hydrogens is 522 g/mol. The molecule has 0 unspecified atom stereocenters. The van der Waals surface area contributed by atoms with Gasteiger partial charge in [-0.2, -0.15) is 4.99 Å².